The molecule has 1 aromatic rings. The van der Waals surface area contributed by atoms with Gasteiger partial charge in [-0.1, -0.05) is 17.9 Å². The number of ether oxygens (including phenoxy) is 1. The van der Waals surface area contributed by atoms with Gasteiger partial charge in [-0.2, -0.15) is 0 Å². The van der Waals surface area contributed by atoms with Crippen LogP contribution in [0, 0.1) is 11.8 Å². The quantitative estimate of drug-likeness (QED) is 0.481. The molecular weight excluding hydrogens is 320 g/mol. The summed E-state index contributed by atoms with van der Waals surface area (Å²) >= 11 is 0. The average molecular weight is 346 g/mol. The van der Waals surface area contributed by atoms with Gasteiger partial charge in [0.25, 0.3) is 5.91 Å². The molecule has 0 saturated heterocycles. The highest BCUT2D eigenvalue weighted by atomic mass is 16.4. The Morgan fingerprint density at radius 1 is 1.28 bits per heavy atom. The van der Waals surface area contributed by atoms with E-state index in [-0.39, 0.29) is 18.4 Å². The average Bonchev–Trinajstić information content (AvgIpc) is 2.60. The van der Waals surface area contributed by atoms with Gasteiger partial charge in [-0.25, -0.2) is 0 Å². The topological polar surface area (TPSA) is 75.7 Å². The first-order chi connectivity index (χ1) is 12.0. The summed E-state index contributed by atoms with van der Waals surface area (Å²) < 4.78 is 4.25. The molecule has 0 fully saturated rings. The van der Waals surface area contributed by atoms with Crippen LogP contribution in [-0.4, -0.2) is 57.9 Å². The van der Waals surface area contributed by atoms with Gasteiger partial charge >= 0.3 is 0 Å². The zero-order chi connectivity index (χ0) is 19.1. The van der Waals surface area contributed by atoms with Crippen LogP contribution in [0.25, 0.3) is 0 Å². The molecule has 0 saturated carbocycles. The Hall–Kier alpha value is -2.65. The molecule has 1 aromatic carbocycles. The fraction of sp³-hybridized carbons (Fsp3) is 0.421. The number of unbranched alkanes of at least 4 members (excludes halogenated alkanes) is 1. The number of nitrogens with one attached hydrogen (secondary N) is 1. The number of carbonyl (C=O) groups is 3. The molecule has 0 aliphatic carbocycles. The van der Waals surface area contributed by atoms with Gasteiger partial charge in [-0.15, -0.1) is 0 Å². The van der Waals surface area contributed by atoms with Gasteiger partial charge in [0.2, 0.25) is 5.91 Å². The van der Waals surface area contributed by atoms with Crippen molar-refractivity contribution in [3.8, 4) is 11.8 Å². The fourth-order valence-corrected chi connectivity index (χ4v) is 1.69. The van der Waals surface area contributed by atoms with Crippen LogP contribution in [0.4, 0.5) is 0 Å². The van der Waals surface area contributed by atoms with E-state index in [4.69, 9.17) is 0 Å². The molecule has 0 unspecified atom stereocenters. The zero-order valence-electron chi connectivity index (χ0n) is 15.3. The summed E-state index contributed by atoms with van der Waals surface area (Å²) in [5.41, 5.74) is 1.20. The van der Waals surface area contributed by atoms with Crippen LogP contribution in [0.5, 0.6) is 0 Å². The van der Waals surface area contributed by atoms with Gasteiger partial charge in [0.15, 0.2) is 0 Å². The third-order valence-corrected chi connectivity index (χ3v) is 2.89. The predicted molar refractivity (Wildman–Crippen MR) is 97.2 cm³/mol. The minimum Gasteiger partial charge on any atom is -0.388 e. The Balaban J connectivity index is 0.00000178. The number of rotatable bonds is 6. The van der Waals surface area contributed by atoms with Crippen molar-refractivity contribution in [3.05, 3.63) is 35.4 Å². The maximum atomic E-state index is 11.7. The molecular formula is C19H26N2O4. The zero-order valence-corrected chi connectivity index (χ0v) is 15.3. The molecule has 2 amide bonds. The van der Waals surface area contributed by atoms with Crippen molar-refractivity contribution in [1.82, 2.24) is 10.2 Å². The Morgan fingerprint density at radius 2 is 1.96 bits per heavy atom. The molecule has 0 bridgehead atoms. The van der Waals surface area contributed by atoms with Crippen LogP contribution in [0.2, 0.25) is 0 Å². The summed E-state index contributed by atoms with van der Waals surface area (Å²) in [5.74, 6) is 5.77. The van der Waals surface area contributed by atoms with E-state index in [1.165, 1.54) is 0 Å². The third-order valence-electron chi connectivity index (χ3n) is 2.89. The van der Waals surface area contributed by atoms with Crippen molar-refractivity contribution in [2.24, 2.45) is 0 Å². The number of nitrogens with zero attached hydrogens (tertiary/aromatic N) is 1. The monoisotopic (exact) mass is 346 g/mol. The lowest BCUT2D eigenvalue weighted by molar-refractivity contribution is -0.128. The molecule has 1 N–H and O–H groups in total. The van der Waals surface area contributed by atoms with E-state index < -0.39 is 0 Å². The van der Waals surface area contributed by atoms with E-state index in [1.807, 2.05) is 6.07 Å². The van der Waals surface area contributed by atoms with Crippen molar-refractivity contribution in [2.45, 2.75) is 19.3 Å². The van der Waals surface area contributed by atoms with Gasteiger partial charge in [0, 0.05) is 52.3 Å². The number of hydrogen-bond acceptors (Lipinski definition) is 4. The van der Waals surface area contributed by atoms with E-state index in [9.17, 15) is 14.4 Å². The molecule has 136 valence electrons. The lowest BCUT2D eigenvalue weighted by atomic mass is 10.1. The van der Waals surface area contributed by atoms with Crippen LogP contribution in [0.15, 0.2) is 24.3 Å². The number of carbonyl (C=O) groups excluding carboxylic acids is 3. The van der Waals surface area contributed by atoms with Crippen molar-refractivity contribution in [1.29, 1.82) is 0 Å². The second kappa shape index (κ2) is 13.8. The van der Waals surface area contributed by atoms with Crippen LogP contribution in [0.3, 0.4) is 0 Å². The van der Waals surface area contributed by atoms with E-state index in [0.29, 0.717) is 31.1 Å². The molecule has 25 heavy (non-hydrogen) atoms. The summed E-state index contributed by atoms with van der Waals surface area (Å²) in [6, 6.07) is 6.91. The van der Waals surface area contributed by atoms with Crippen LogP contribution >= 0.6 is 0 Å². The van der Waals surface area contributed by atoms with Gasteiger partial charge in [0.1, 0.15) is 6.29 Å². The standard InChI is InChI=1S/C17H20N2O3.C2H6O/c1-19(2)16(21)10-5-3-4-7-14-8-6-9-15(13-14)17(22)18-11-12-20;1-3-2/h6,8-9,12-13H,3,5,10-11H2,1-2H3,(H,18,22);1-2H3. The Morgan fingerprint density at radius 3 is 2.56 bits per heavy atom. The first-order valence-electron chi connectivity index (χ1n) is 7.87. The van der Waals surface area contributed by atoms with Crippen molar-refractivity contribution >= 4 is 18.1 Å². The molecule has 0 heterocycles. The van der Waals surface area contributed by atoms with Crippen LogP contribution in [-0.2, 0) is 14.3 Å². The van der Waals surface area contributed by atoms with Crippen LogP contribution in [0.1, 0.15) is 35.2 Å². The largest absolute Gasteiger partial charge is 0.388 e. The molecule has 0 aliphatic heterocycles. The second-order valence-corrected chi connectivity index (χ2v) is 5.31. The molecule has 6 nitrogen and oxygen atoms in total. The van der Waals surface area contributed by atoms with Gasteiger partial charge < -0.3 is 19.7 Å². The Bertz CT molecular complexity index is 615. The molecule has 6 heteroatoms. The summed E-state index contributed by atoms with van der Waals surface area (Å²) in [4.78, 5) is 34.9. The molecule has 0 atom stereocenters. The highest BCUT2D eigenvalue weighted by molar-refractivity contribution is 5.95. The molecule has 0 spiro atoms. The lowest BCUT2D eigenvalue weighted by Gasteiger charge is -2.08. The SMILES string of the molecule is CN(C)C(=O)CCCC#Cc1cccc(C(=O)NCC=O)c1.COC. The first-order valence-corrected chi connectivity index (χ1v) is 7.87. The maximum Gasteiger partial charge on any atom is 0.251 e. The normalized spacial score (nSPS) is 8.96. The number of hydrogen-bond donors (Lipinski definition) is 1. The number of methoxy groups -OCH3 is 1. The van der Waals surface area contributed by atoms with E-state index >= 15 is 0 Å². The van der Waals surface area contributed by atoms with E-state index in [1.54, 1.807) is 51.4 Å². The van der Waals surface area contributed by atoms with E-state index in [2.05, 4.69) is 21.9 Å². The number of benzene rings is 1. The second-order valence-electron chi connectivity index (χ2n) is 5.31. The smallest absolute Gasteiger partial charge is 0.251 e. The molecule has 0 aromatic heterocycles. The lowest BCUT2D eigenvalue weighted by Crippen LogP contribution is -2.25. The minimum absolute atomic E-state index is 0.00531. The highest BCUT2D eigenvalue weighted by Gasteiger charge is 2.04. The Kier molecular flexibility index (Phi) is 12.3. The Labute approximate surface area is 149 Å². The highest BCUT2D eigenvalue weighted by Crippen LogP contribution is 2.04. The van der Waals surface area contributed by atoms with Gasteiger partial charge in [-0.3, -0.25) is 9.59 Å². The van der Waals surface area contributed by atoms with Crippen molar-refractivity contribution in [2.75, 3.05) is 34.9 Å². The summed E-state index contributed by atoms with van der Waals surface area (Å²) in [6.45, 7) is -0.00531. The summed E-state index contributed by atoms with van der Waals surface area (Å²) in [6.07, 6.45) is 2.46. The fourth-order valence-electron chi connectivity index (χ4n) is 1.69. The van der Waals surface area contributed by atoms with Gasteiger partial charge in [-0.05, 0) is 24.6 Å². The minimum atomic E-state index is -0.299. The van der Waals surface area contributed by atoms with Crippen molar-refractivity contribution < 1.29 is 19.1 Å². The van der Waals surface area contributed by atoms with E-state index in [0.717, 1.165) is 5.56 Å². The number of amides is 2. The van der Waals surface area contributed by atoms with Crippen molar-refractivity contribution in [3.63, 3.8) is 0 Å². The maximum absolute atomic E-state index is 11.7. The first kappa shape index (κ1) is 22.4. The third kappa shape index (κ3) is 10.7. The molecule has 0 radical (unpaired) electrons. The summed E-state index contributed by atoms with van der Waals surface area (Å²) in [7, 11) is 6.71. The molecule has 1 rings (SSSR count). The molecule has 0 aliphatic rings. The predicted octanol–water partition coefficient (Wildman–Crippen LogP) is 1.49. The van der Waals surface area contributed by atoms with Crippen LogP contribution < -0.4 is 5.32 Å². The number of aldehydes is 1. The summed E-state index contributed by atoms with van der Waals surface area (Å²) in [5, 5.41) is 2.48. The van der Waals surface area contributed by atoms with Gasteiger partial charge in [0.05, 0.1) is 6.54 Å².